The topological polar surface area (TPSA) is 12.0 Å². The molecule has 0 amide bonds. The number of rotatable bonds is 3. The quantitative estimate of drug-likeness (QED) is 0.594. The van der Waals surface area contributed by atoms with Crippen molar-refractivity contribution in [2.75, 3.05) is 13.1 Å². The number of halogens is 1. The average Bonchev–Trinajstić information content (AvgIpc) is 2.40. The number of hydrogen-bond donors (Lipinski definition) is 1. The fourth-order valence-electron chi connectivity index (χ4n) is 3.67. The molecule has 2 aliphatic rings. The first-order chi connectivity index (χ1) is 8.16. The summed E-state index contributed by atoms with van der Waals surface area (Å²) in [6.07, 6.45) is 11.1. The van der Waals surface area contributed by atoms with Crippen LogP contribution in [0.5, 0.6) is 0 Å². The molecule has 0 bridgehead atoms. The number of alkyl halides is 1. The van der Waals surface area contributed by atoms with E-state index >= 15 is 0 Å². The maximum Gasteiger partial charge on any atom is 0.0516 e. The van der Waals surface area contributed by atoms with Crippen LogP contribution < -0.4 is 5.32 Å². The highest BCUT2D eigenvalue weighted by atomic mass is 35.5. The Labute approximate surface area is 111 Å². The van der Waals surface area contributed by atoms with E-state index in [-0.39, 0.29) is 5.38 Å². The lowest BCUT2D eigenvalue weighted by molar-refractivity contribution is 0.0785. The Kier molecular flexibility index (Phi) is 4.54. The molecule has 1 aliphatic heterocycles. The summed E-state index contributed by atoms with van der Waals surface area (Å²) in [5, 5.41) is 3.76. The molecular weight excluding hydrogens is 230 g/mol. The van der Waals surface area contributed by atoms with Gasteiger partial charge in [-0.25, -0.2) is 0 Å². The standard InChI is InChI=1S/C15H26ClN/c1-3-15(2,13-8-10-17-11-9-13)12-4-6-14(16)7-5-12/h4,6,12-14,17H,3,5,7-11H2,1-2H3. The molecule has 2 heteroatoms. The Bertz CT molecular complexity index is 270. The Morgan fingerprint density at radius 3 is 2.41 bits per heavy atom. The molecule has 1 nitrogen and oxygen atoms in total. The summed E-state index contributed by atoms with van der Waals surface area (Å²) < 4.78 is 0. The first kappa shape index (κ1) is 13.4. The first-order valence-corrected chi connectivity index (χ1v) is 7.63. The van der Waals surface area contributed by atoms with Gasteiger partial charge in [-0.2, -0.15) is 0 Å². The van der Waals surface area contributed by atoms with Gasteiger partial charge in [-0.05, 0) is 62.4 Å². The highest BCUT2D eigenvalue weighted by Crippen LogP contribution is 2.47. The number of piperidine rings is 1. The number of nitrogens with one attached hydrogen (secondary N) is 1. The van der Waals surface area contributed by atoms with Crippen molar-refractivity contribution in [3.8, 4) is 0 Å². The van der Waals surface area contributed by atoms with Crippen LogP contribution >= 0.6 is 11.6 Å². The van der Waals surface area contributed by atoms with Gasteiger partial charge < -0.3 is 5.32 Å². The zero-order chi connectivity index (χ0) is 12.3. The lowest BCUT2D eigenvalue weighted by Gasteiger charge is -2.45. The van der Waals surface area contributed by atoms with Crippen LogP contribution in [0, 0.1) is 17.3 Å². The minimum atomic E-state index is 0.278. The Balaban J connectivity index is 2.09. The maximum atomic E-state index is 6.16. The third kappa shape index (κ3) is 2.88. The molecule has 0 radical (unpaired) electrons. The molecule has 0 aromatic heterocycles. The highest BCUT2D eigenvalue weighted by Gasteiger charge is 2.39. The Morgan fingerprint density at radius 2 is 1.88 bits per heavy atom. The minimum Gasteiger partial charge on any atom is -0.317 e. The van der Waals surface area contributed by atoms with Gasteiger partial charge in [0.1, 0.15) is 0 Å². The van der Waals surface area contributed by atoms with E-state index in [9.17, 15) is 0 Å². The van der Waals surface area contributed by atoms with Crippen molar-refractivity contribution in [2.45, 2.75) is 51.3 Å². The van der Waals surface area contributed by atoms with Crippen LogP contribution in [0.4, 0.5) is 0 Å². The summed E-state index contributed by atoms with van der Waals surface area (Å²) in [5.41, 5.74) is 0.482. The third-order valence-corrected chi connectivity index (χ3v) is 5.55. The summed E-state index contributed by atoms with van der Waals surface area (Å²) in [7, 11) is 0. The predicted molar refractivity (Wildman–Crippen MR) is 75.5 cm³/mol. The van der Waals surface area contributed by atoms with Gasteiger partial charge in [0, 0.05) is 0 Å². The van der Waals surface area contributed by atoms with E-state index in [1.54, 1.807) is 0 Å². The van der Waals surface area contributed by atoms with Crippen LogP contribution in [-0.4, -0.2) is 18.5 Å². The normalized spacial score (nSPS) is 34.5. The van der Waals surface area contributed by atoms with Gasteiger partial charge in [-0.1, -0.05) is 26.0 Å². The number of hydrogen-bond acceptors (Lipinski definition) is 1. The summed E-state index contributed by atoms with van der Waals surface area (Å²) in [4.78, 5) is 0. The predicted octanol–water partition coefficient (Wildman–Crippen LogP) is 3.98. The molecule has 0 saturated carbocycles. The van der Waals surface area contributed by atoms with Gasteiger partial charge in [-0.15, -0.1) is 11.6 Å². The van der Waals surface area contributed by atoms with Gasteiger partial charge in [0.05, 0.1) is 5.38 Å². The van der Waals surface area contributed by atoms with Crippen LogP contribution in [0.25, 0.3) is 0 Å². The zero-order valence-electron chi connectivity index (χ0n) is 11.2. The fourth-order valence-corrected chi connectivity index (χ4v) is 3.88. The van der Waals surface area contributed by atoms with Crippen molar-refractivity contribution in [2.24, 2.45) is 17.3 Å². The van der Waals surface area contributed by atoms with Crippen molar-refractivity contribution in [3.63, 3.8) is 0 Å². The van der Waals surface area contributed by atoms with E-state index < -0.39 is 0 Å². The van der Waals surface area contributed by atoms with E-state index in [2.05, 4.69) is 31.3 Å². The second-order valence-electron chi connectivity index (χ2n) is 5.97. The minimum absolute atomic E-state index is 0.278. The summed E-state index contributed by atoms with van der Waals surface area (Å²) in [6, 6.07) is 0. The van der Waals surface area contributed by atoms with Crippen molar-refractivity contribution in [1.29, 1.82) is 0 Å². The second kappa shape index (κ2) is 5.75. The van der Waals surface area contributed by atoms with Crippen LogP contribution in [0.3, 0.4) is 0 Å². The van der Waals surface area contributed by atoms with Crippen LogP contribution in [-0.2, 0) is 0 Å². The van der Waals surface area contributed by atoms with E-state index in [1.165, 1.54) is 38.8 Å². The van der Waals surface area contributed by atoms with Crippen LogP contribution in [0.15, 0.2) is 12.2 Å². The highest BCUT2D eigenvalue weighted by molar-refractivity contribution is 6.21. The van der Waals surface area contributed by atoms with Crippen LogP contribution in [0.2, 0.25) is 0 Å². The molecule has 1 saturated heterocycles. The van der Waals surface area contributed by atoms with Crippen LogP contribution in [0.1, 0.15) is 46.0 Å². The maximum absolute atomic E-state index is 6.16. The smallest absolute Gasteiger partial charge is 0.0516 e. The molecule has 1 N–H and O–H groups in total. The molecule has 1 fully saturated rings. The molecule has 0 aromatic rings. The SMILES string of the molecule is CCC(C)(C1C=CC(Cl)CC1)C1CCNCC1. The fraction of sp³-hybridized carbons (Fsp3) is 0.867. The zero-order valence-corrected chi connectivity index (χ0v) is 12.0. The summed E-state index contributed by atoms with van der Waals surface area (Å²) in [6.45, 7) is 7.28. The molecule has 98 valence electrons. The Hall–Kier alpha value is -0.0100. The molecule has 3 atom stereocenters. The molecule has 3 unspecified atom stereocenters. The molecule has 0 spiro atoms. The third-order valence-electron chi connectivity index (χ3n) is 5.19. The van der Waals surface area contributed by atoms with E-state index in [4.69, 9.17) is 11.6 Å². The lowest BCUT2D eigenvalue weighted by atomic mass is 9.61. The van der Waals surface area contributed by atoms with Gasteiger partial charge in [0.15, 0.2) is 0 Å². The Morgan fingerprint density at radius 1 is 1.18 bits per heavy atom. The molecule has 17 heavy (non-hydrogen) atoms. The molecule has 2 rings (SSSR count). The van der Waals surface area contributed by atoms with Crippen molar-refractivity contribution in [3.05, 3.63) is 12.2 Å². The molecule has 1 heterocycles. The number of allylic oxidation sites excluding steroid dienone is 2. The van der Waals surface area contributed by atoms with Crippen molar-refractivity contribution >= 4 is 11.6 Å². The summed E-state index contributed by atoms with van der Waals surface area (Å²) >= 11 is 6.16. The average molecular weight is 256 g/mol. The van der Waals surface area contributed by atoms with E-state index in [0.29, 0.717) is 5.41 Å². The van der Waals surface area contributed by atoms with Gasteiger partial charge in [-0.3, -0.25) is 0 Å². The van der Waals surface area contributed by atoms with E-state index in [0.717, 1.165) is 18.3 Å². The van der Waals surface area contributed by atoms with Crippen molar-refractivity contribution in [1.82, 2.24) is 5.32 Å². The molecule has 1 aliphatic carbocycles. The van der Waals surface area contributed by atoms with Gasteiger partial charge in [0.2, 0.25) is 0 Å². The molecule has 0 aromatic carbocycles. The van der Waals surface area contributed by atoms with Crippen molar-refractivity contribution < 1.29 is 0 Å². The largest absolute Gasteiger partial charge is 0.317 e. The van der Waals surface area contributed by atoms with E-state index in [1.807, 2.05) is 0 Å². The van der Waals surface area contributed by atoms with Gasteiger partial charge >= 0.3 is 0 Å². The first-order valence-electron chi connectivity index (χ1n) is 7.20. The summed E-state index contributed by atoms with van der Waals surface area (Å²) in [5.74, 6) is 1.63. The molecular formula is C15H26ClN. The lowest BCUT2D eigenvalue weighted by Crippen LogP contribution is -2.41. The monoisotopic (exact) mass is 255 g/mol. The second-order valence-corrected chi connectivity index (χ2v) is 6.53. The van der Waals surface area contributed by atoms with Gasteiger partial charge in [0.25, 0.3) is 0 Å².